The van der Waals surface area contributed by atoms with Crippen molar-refractivity contribution in [2.75, 3.05) is 18.6 Å². The molecule has 0 saturated heterocycles. The molecule has 0 aromatic heterocycles. The Morgan fingerprint density at radius 1 is 1.44 bits per heavy atom. The summed E-state index contributed by atoms with van der Waals surface area (Å²) in [6, 6.07) is 5.21. The number of hydrogen-bond donors (Lipinski definition) is 1. The number of likely N-dealkylation sites (N-methyl/N-ethyl adjacent to an activating group) is 1. The van der Waals surface area contributed by atoms with E-state index in [9.17, 15) is 9.59 Å². The summed E-state index contributed by atoms with van der Waals surface area (Å²) in [6.45, 7) is 0.634. The van der Waals surface area contributed by atoms with E-state index >= 15 is 0 Å². The first-order valence-corrected chi connectivity index (χ1v) is 4.86. The van der Waals surface area contributed by atoms with Crippen LogP contribution < -0.4 is 9.64 Å². The Morgan fingerprint density at radius 2 is 2.19 bits per heavy atom. The third-order valence-electron chi connectivity index (χ3n) is 2.55. The minimum Gasteiger partial charge on any atom is -0.493 e. The Labute approximate surface area is 92.2 Å². The minimum absolute atomic E-state index is 0.566. The van der Waals surface area contributed by atoms with Crippen molar-refractivity contribution >= 4 is 17.6 Å². The van der Waals surface area contributed by atoms with Crippen LogP contribution in [0.5, 0.6) is 5.75 Å². The van der Waals surface area contributed by atoms with Gasteiger partial charge in [0, 0.05) is 19.2 Å². The first-order chi connectivity index (χ1) is 7.59. The summed E-state index contributed by atoms with van der Waals surface area (Å²) in [5.74, 6) is -1.60. The number of nitrogens with zero attached hydrogens (tertiary/aromatic N) is 1. The maximum absolute atomic E-state index is 11.2. The number of carbonyl (C=O) groups excluding carboxylic acids is 1. The topological polar surface area (TPSA) is 66.8 Å². The molecule has 1 aromatic carbocycles. The fourth-order valence-corrected chi connectivity index (χ4v) is 1.64. The van der Waals surface area contributed by atoms with Crippen molar-refractivity contribution in [3.05, 3.63) is 23.8 Å². The van der Waals surface area contributed by atoms with Crippen LogP contribution in [0.1, 0.15) is 5.56 Å². The van der Waals surface area contributed by atoms with Gasteiger partial charge >= 0.3 is 11.9 Å². The van der Waals surface area contributed by atoms with Crippen molar-refractivity contribution in [1.82, 2.24) is 0 Å². The monoisotopic (exact) mass is 221 g/mol. The third-order valence-corrected chi connectivity index (χ3v) is 2.55. The second-order valence-corrected chi connectivity index (χ2v) is 3.56. The van der Waals surface area contributed by atoms with Crippen LogP contribution in [0.2, 0.25) is 0 Å². The molecule has 1 amide bonds. The smallest absolute Gasteiger partial charge is 0.394 e. The summed E-state index contributed by atoms with van der Waals surface area (Å²) >= 11 is 0. The highest BCUT2D eigenvalue weighted by Gasteiger charge is 2.20. The van der Waals surface area contributed by atoms with E-state index in [0.29, 0.717) is 12.3 Å². The van der Waals surface area contributed by atoms with Gasteiger partial charge in [-0.3, -0.25) is 4.79 Å². The van der Waals surface area contributed by atoms with Crippen molar-refractivity contribution in [3.63, 3.8) is 0 Å². The SMILES string of the molecule is CN(C(=O)C(=O)O)c1ccc2c(c1)CCO2. The average molecular weight is 221 g/mol. The van der Waals surface area contributed by atoms with E-state index in [2.05, 4.69) is 0 Å². The molecule has 0 aliphatic carbocycles. The number of ether oxygens (including phenoxy) is 1. The van der Waals surface area contributed by atoms with Gasteiger partial charge in [0.1, 0.15) is 5.75 Å². The molecule has 2 rings (SSSR count). The molecule has 1 N–H and O–H groups in total. The van der Waals surface area contributed by atoms with E-state index in [0.717, 1.165) is 22.6 Å². The number of hydrogen-bond acceptors (Lipinski definition) is 3. The van der Waals surface area contributed by atoms with Gasteiger partial charge in [0.2, 0.25) is 0 Å². The molecule has 1 heterocycles. The third kappa shape index (κ3) is 1.71. The van der Waals surface area contributed by atoms with Gasteiger partial charge in [-0.25, -0.2) is 4.79 Å². The van der Waals surface area contributed by atoms with Crippen LogP contribution in [0.15, 0.2) is 18.2 Å². The Morgan fingerprint density at radius 3 is 2.88 bits per heavy atom. The van der Waals surface area contributed by atoms with E-state index < -0.39 is 11.9 Å². The molecule has 16 heavy (non-hydrogen) atoms. The maximum atomic E-state index is 11.2. The minimum atomic E-state index is -1.46. The second-order valence-electron chi connectivity index (χ2n) is 3.56. The lowest BCUT2D eigenvalue weighted by molar-refractivity contribution is -0.148. The number of benzene rings is 1. The normalized spacial score (nSPS) is 12.8. The van der Waals surface area contributed by atoms with Gasteiger partial charge in [-0.15, -0.1) is 0 Å². The standard InChI is InChI=1S/C11H11NO4/c1-12(10(13)11(14)15)8-2-3-9-7(6-8)4-5-16-9/h2-3,6H,4-5H2,1H3,(H,14,15). The molecule has 0 unspecified atom stereocenters. The van der Waals surface area contributed by atoms with Gasteiger partial charge in [0.05, 0.1) is 6.61 Å². The molecule has 1 aromatic rings. The van der Waals surface area contributed by atoms with Gasteiger partial charge in [-0.2, -0.15) is 0 Å². The van der Waals surface area contributed by atoms with Crippen molar-refractivity contribution in [3.8, 4) is 5.75 Å². The van der Waals surface area contributed by atoms with Crippen LogP contribution in [0.3, 0.4) is 0 Å². The highest BCUT2D eigenvalue weighted by Crippen LogP contribution is 2.29. The van der Waals surface area contributed by atoms with E-state index in [1.807, 2.05) is 0 Å². The largest absolute Gasteiger partial charge is 0.493 e. The van der Waals surface area contributed by atoms with Gasteiger partial charge in [-0.1, -0.05) is 0 Å². The fourth-order valence-electron chi connectivity index (χ4n) is 1.64. The predicted molar refractivity (Wildman–Crippen MR) is 56.7 cm³/mol. The molecule has 1 aliphatic rings. The van der Waals surface area contributed by atoms with Crippen molar-refractivity contribution in [1.29, 1.82) is 0 Å². The van der Waals surface area contributed by atoms with Crippen LogP contribution in [0, 0.1) is 0 Å². The molecule has 1 aliphatic heterocycles. The summed E-state index contributed by atoms with van der Waals surface area (Å²) < 4.78 is 5.32. The molecule has 0 radical (unpaired) electrons. The summed E-state index contributed by atoms with van der Waals surface area (Å²) in [5.41, 5.74) is 1.57. The molecule has 0 atom stereocenters. The summed E-state index contributed by atoms with van der Waals surface area (Å²) in [5, 5.41) is 8.59. The Balaban J connectivity index is 2.28. The van der Waals surface area contributed by atoms with Crippen LogP contribution in [-0.4, -0.2) is 30.6 Å². The number of rotatable bonds is 1. The lowest BCUT2D eigenvalue weighted by atomic mass is 10.1. The fraction of sp³-hybridized carbons (Fsp3) is 0.273. The molecular formula is C11H11NO4. The molecule has 5 heteroatoms. The predicted octanol–water partition coefficient (Wildman–Crippen LogP) is 0.669. The maximum Gasteiger partial charge on any atom is 0.394 e. The Bertz CT molecular complexity index is 455. The molecular weight excluding hydrogens is 210 g/mol. The molecule has 5 nitrogen and oxygen atoms in total. The van der Waals surface area contributed by atoms with Crippen molar-refractivity contribution in [2.24, 2.45) is 0 Å². The lowest BCUT2D eigenvalue weighted by Crippen LogP contribution is -2.32. The van der Waals surface area contributed by atoms with Crippen LogP contribution in [-0.2, 0) is 16.0 Å². The average Bonchev–Trinajstić information content (AvgIpc) is 2.73. The van der Waals surface area contributed by atoms with Gasteiger partial charge < -0.3 is 14.7 Å². The summed E-state index contributed by atoms with van der Waals surface area (Å²) in [7, 11) is 1.44. The molecule has 0 spiro atoms. The number of fused-ring (bicyclic) bond motifs is 1. The Kier molecular flexibility index (Phi) is 2.52. The van der Waals surface area contributed by atoms with Crippen molar-refractivity contribution in [2.45, 2.75) is 6.42 Å². The quantitative estimate of drug-likeness (QED) is 0.708. The number of aliphatic carboxylic acids is 1. The number of carboxylic acid groups (broad SMARTS) is 1. The zero-order valence-corrected chi connectivity index (χ0v) is 8.77. The first-order valence-electron chi connectivity index (χ1n) is 4.86. The molecule has 0 bridgehead atoms. The van der Waals surface area contributed by atoms with Crippen molar-refractivity contribution < 1.29 is 19.4 Å². The van der Waals surface area contributed by atoms with E-state index in [1.54, 1.807) is 18.2 Å². The van der Waals surface area contributed by atoms with Crippen LogP contribution in [0.25, 0.3) is 0 Å². The van der Waals surface area contributed by atoms with E-state index in [-0.39, 0.29) is 0 Å². The number of anilines is 1. The first kappa shape index (κ1) is 10.5. The Hall–Kier alpha value is -2.04. The van der Waals surface area contributed by atoms with Gasteiger partial charge in [-0.05, 0) is 23.8 Å². The zero-order valence-electron chi connectivity index (χ0n) is 8.77. The summed E-state index contributed by atoms with van der Waals surface area (Å²) in [6.07, 6.45) is 0.790. The zero-order chi connectivity index (χ0) is 11.7. The molecule has 0 fully saturated rings. The molecule has 84 valence electrons. The van der Waals surface area contributed by atoms with E-state index in [1.165, 1.54) is 7.05 Å². The van der Waals surface area contributed by atoms with Gasteiger partial charge in [0.25, 0.3) is 0 Å². The number of carbonyl (C=O) groups is 2. The lowest BCUT2D eigenvalue weighted by Gasteiger charge is -2.15. The highest BCUT2D eigenvalue weighted by atomic mass is 16.5. The number of carboxylic acids is 1. The van der Waals surface area contributed by atoms with Crippen LogP contribution in [0.4, 0.5) is 5.69 Å². The van der Waals surface area contributed by atoms with Crippen LogP contribution >= 0.6 is 0 Å². The second kappa shape index (κ2) is 3.84. The molecule has 0 saturated carbocycles. The highest BCUT2D eigenvalue weighted by molar-refractivity contribution is 6.37. The summed E-state index contributed by atoms with van der Waals surface area (Å²) in [4.78, 5) is 22.9. The number of amides is 1. The van der Waals surface area contributed by atoms with Gasteiger partial charge in [0.15, 0.2) is 0 Å². The van der Waals surface area contributed by atoms with E-state index in [4.69, 9.17) is 9.84 Å².